The number of benzene rings is 1. The molecule has 0 N–H and O–H groups in total. The summed E-state index contributed by atoms with van der Waals surface area (Å²) in [7, 11) is 0. The average molecular weight is 232 g/mol. The fourth-order valence-electron chi connectivity index (χ4n) is 1.43. The maximum atomic E-state index is 5.88. The largest absolute Gasteiger partial charge is 0.417 e. The molecule has 0 bridgehead atoms. The Morgan fingerprint density at radius 1 is 1.06 bits per heavy atom. The lowest BCUT2D eigenvalue weighted by molar-refractivity contribution is 0.607. The summed E-state index contributed by atoms with van der Waals surface area (Å²) in [5.41, 5.74) is 1.78. The van der Waals surface area contributed by atoms with Gasteiger partial charge < -0.3 is 4.42 Å². The van der Waals surface area contributed by atoms with Gasteiger partial charge in [0, 0.05) is 5.56 Å². The van der Waals surface area contributed by atoms with Crippen molar-refractivity contribution in [1.29, 1.82) is 0 Å². The van der Waals surface area contributed by atoms with Gasteiger partial charge in [-0.05, 0) is 12.1 Å². The molecule has 0 aliphatic rings. The first-order valence-electron chi connectivity index (χ1n) is 4.67. The molecule has 0 saturated heterocycles. The Bertz CT molecular complexity index is 636. The molecule has 3 rings (SSSR count). The van der Waals surface area contributed by atoms with Gasteiger partial charge in [-0.25, -0.2) is 9.97 Å². The maximum absolute atomic E-state index is 5.88. The standard InChI is InChI=1S/C11H6ClN3O/c12-9-8-11(14-6-13-9)16-10(15-8)7-4-2-1-3-5-7/h1-6H. The summed E-state index contributed by atoms with van der Waals surface area (Å²) in [6.07, 6.45) is 1.35. The second-order valence-corrected chi connectivity index (χ2v) is 3.56. The van der Waals surface area contributed by atoms with Crippen LogP contribution in [0.5, 0.6) is 0 Å². The van der Waals surface area contributed by atoms with Gasteiger partial charge in [0.25, 0.3) is 5.71 Å². The van der Waals surface area contributed by atoms with Crippen LogP contribution in [0.1, 0.15) is 0 Å². The van der Waals surface area contributed by atoms with Crippen LogP contribution in [0.15, 0.2) is 41.1 Å². The molecule has 3 aromatic rings. The molecule has 78 valence electrons. The van der Waals surface area contributed by atoms with Crippen molar-refractivity contribution >= 4 is 22.8 Å². The smallest absolute Gasteiger partial charge is 0.252 e. The lowest BCUT2D eigenvalue weighted by Crippen LogP contribution is -1.80. The molecular weight excluding hydrogens is 226 g/mol. The fourth-order valence-corrected chi connectivity index (χ4v) is 1.60. The average Bonchev–Trinajstić information content (AvgIpc) is 2.76. The van der Waals surface area contributed by atoms with E-state index in [1.54, 1.807) is 0 Å². The van der Waals surface area contributed by atoms with Gasteiger partial charge in [0.2, 0.25) is 5.89 Å². The molecule has 0 saturated carbocycles. The summed E-state index contributed by atoms with van der Waals surface area (Å²) in [5.74, 6) is 0.498. The SMILES string of the molecule is Clc1ncnc2oc(-c3ccccc3)nc12. The maximum Gasteiger partial charge on any atom is 0.252 e. The van der Waals surface area contributed by atoms with Crippen molar-refractivity contribution in [2.75, 3.05) is 0 Å². The normalized spacial score (nSPS) is 10.8. The molecule has 2 aromatic heterocycles. The quantitative estimate of drug-likeness (QED) is 0.604. The summed E-state index contributed by atoms with van der Waals surface area (Å²) in [5, 5.41) is 0.302. The minimum absolute atomic E-state index is 0.302. The van der Waals surface area contributed by atoms with Crippen molar-refractivity contribution in [3.63, 3.8) is 0 Å². The monoisotopic (exact) mass is 231 g/mol. The third-order valence-corrected chi connectivity index (χ3v) is 2.45. The molecule has 4 nitrogen and oxygen atoms in total. The van der Waals surface area contributed by atoms with Crippen LogP contribution in [0, 0.1) is 0 Å². The molecule has 0 spiro atoms. The first kappa shape index (κ1) is 9.30. The zero-order chi connectivity index (χ0) is 11.0. The zero-order valence-corrected chi connectivity index (χ0v) is 8.85. The van der Waals surface area contributed by atoms with Crippen molar-refractivity contribution in [2.45, 2.75) is 0 Å². The van der Waals surface area contributed by atoms with Gasteiger partial charge >= 0.3 is 0 Å². The van der Waals surface area contributed by atoms with Gasteiger partial charge in [-0.1, -0.05) is 29.8 Å². The van der Waals surface area contributed by atoms with Crippen molar-refractivity contribution < 1.29 is 4.42 Å². The second-order valence-electron chi connectivity index (χ2n) is 3.20. The number of hydrogen-bond donors (Lipinski definition) is 0. The van der Waals surface area contributed by atoms with Gasteiger partial charge in [0.05, 0.1) is 0 Å². The van der Waals surface area contributed by atoms with Crippen LogP contribution in [0.4, 0.5) is 0 Å². The van der Waals surface area contributed by atoms with Crippen LogP contribution in [0.3, 0.4) is 0 Å². The summed E-state index contributed by atoms with van der Waals surface area (Å²) in [4.78, 5) is 12.1. The lowest BCUT2D eigenvalue weighted by Gasteiger charge is -1.91. The summed E-state index contributed by atoms with van der Waals surface area (Å²) in [6, 6.07) is 9.58. The highest BCUT2D eigenvalue weighted by molar-refractivity contribution is 6.33. The molecule has 5 heteroatoms. The number of aromatic nitrogens is 3. The molecule has 0 radical (unpaired) electrons. The molecule has 0 fully saturated rings. The minimum Gasteiger partial charge on any atom is -0.417 e. The van der Waals surface area contributed by atoms with Gasteiger partial charge in [0.1, 0.15) is 6.33 Å². The Morgan fingerprint density at radius 2 is 1.88 bits per heavy atom. The van der Waals surface area contributed by atoms with Crippen LogP contribution >= 0.6 is 11.6 Å². The van der Waals surface area contributed by atoms with E-state index >= 15 is 0 Å². The van der Waals surface area contributed by atoms with E-state index in [0.29, 0.717) is 22.3 Å². The first-order valence-corrected chi connectivity index (χ1v) is 5.05. The number of halogens is 1. The Hall–Kier alpha value is -1.94. The van der Waals surface area contributed by atoms with Gasteiger partial charge in [-0.2, -0.15) is 4.98 Å². The molecule has 0 amide bonds. The topological polar surface area (TPSA) is 51.8 Å². The predicted octanol–water partition coefficient (Wildman–Crippen LogP) is 2.94. The predicted molar refractivity (Wildman–Crippen MR) is 60.0 cm³/mol. The summed E-state index contributed by atoms with van der Waals surface area (Å²) in [6.45, 7) is 0. The minimum atomic E-state index is 0.302. The third-order valence-electron chi connectivity index (χ3n) is 2.17. The number of fused-ring (bicyclic) bond motifs is 1. The van der Waals surface area contributed by atoms with E-state index in [4.69, 9.17) is 16.0 Å². The van der Waals surface area contributed by atoms with Crippen LogP contribution in [-0.2, 0) is 0 Å². The molecular formula is C11H6ClN3O. The highest BCUT2D eigenvalue weighted by atomic mass is 35.5. The Labute approximate surface area is 95.9 Å². The summed E-state index contributed by atoms with van der Waals surface area (Å²) < 4.78 is 5.49. The van der Waals surface area contributed by atoms with Crippen molar-refractivity contribution in [3.8, 4) is 11.5 Å². The molecule has 0 unspecified atom stereocenters. The molecule has 0 aliphatic heterocycles. The van der Waals surface area contributed by atoms with Crippen LogP contribution in [-0.4, -0.2) is 15.0 Å². The summed E-state index contributed by atoms with van der Waals surface area (Å²) >= 11 is 5.88. The van der Waals surface area contributed by atoms with Gasteiger partial charge in [0.15, 0.2) is 10.7 Å². The van der Waals surface area contributed by atoms with E-state index in [-0.39, 0.29) is 0 Å². The number of oxazole rings is 1. The molecule has 0 atom stereocenters. The van der Waals surface area contributed by atoms with Gasteiger partial charge in [-0.15, -0.1) is 0 Å². The zero-order valence-electron chi connectivity index (χ0n) is 8.09. The number of rotatable bonds is 1. The van der Waals surface area contributed by atoms with E-state index in [1.165, 1.54) is 6.33 Å². The van der Waals surface area contributed by atoms with E-state index in [0.717, 1.165) is 5.56 Å². The highest BCUT2D eigenvalue weighted by Crippen LogP contribution is 2.25. The van der Waals surface area contributed by atoms with E-state index in [9.17, 15) is 0 Å². The third kappa shape index (κ3) is 1.44. The Morgan fingerprint density at radius 3 is 2.62 bits per heavy atom. The first-order chi connectivity index (χ1) is 7.84. The molecule has 2 heterocycles. The van der Waals surface area contributed by atoms with E-state index in [2.05, 4.69) is 15.0 Å². The lowest BCUT2D eigenvalue weighted by atomic mass is 10.2. The molecule has 0 aliphatic carbocycles. The highest BCUT2D eigenvalue weighted by Gasteiger charge is 2.11. The van der Waals surface area contributed by atoms with Crippen molar-refractivity contribution in [3.05, 3.63) is 41.8 Å². The Balaban J connectivity index is 2.23. The molecule has 1 aromatic carbocycles. The Kier molecular flexibility index (Phi) is 2.08. The van der Waals surface area contributed by atoms with Gasteiger partial charge in [-0.3, -0.25) is 0 Å². The van der Waals surface area contributed by atoms with Crippen LogP contribution in [0.25, 0.3) is 22.7 Å². The fraction of sp³-hybridized carbons (Fsp3) is 0. The number of nitrogens with zero attached hydrogens (tertiary/aromatic N) is 3. The molecule has 16 heavy (non-hydrogen) atoms. The number of hydrogen-bond acceptors (Lipinski definition) is 4. The van der Waals surface area contributed by atoms with Crippen LogP contribution < -0.4 is 0 Å². The second kappa shape index (κ2) is 3.57. The van der Waals surface area contributed by atoms with E-state index in [1.807, 2.05) is 30.3 Å². The van der Waals surface area contributed by atoms with E-state index < -0.39 is 0 Å². The van der Waals surface area contributed by atoms with Crippen molar-refractivity contribution in [1.82, 2.24) is 15.0 Å². The van der Waals surface area contributed by atoms with Crippen LogP contribution in [0.2, 0.25) is 5.15 Å². The van der Waals surface area contributed by atoms with Crippen molar-refractivity contribution in [2.24, 2.45) is 0 Å².